The summed E-state index contributed by atoms with van der Waals surface area (Å²) in [7, 11) is 3.94. The summed E-state index contributed by atoms with van der Waals surface area (Å²) in [5.74, 6) is 0. The Balaban J connectivity index is 2.00. The second-order valence-electron chi connectivity index (χ2n) is 4.46. The van der Waals surface area contributed by atoms with Crippen molar-refractivity contribution in [2.75, 3.05) is 60.0 Å². The molecule has 4 heteroatoms. The van der Waals surface area contributed by atoms with E-state index >= 15 is 0 Å². The van der Waals surface area contributed by atoms with Crippen LogP contribution >= 0.6 is 0 Å². The molecule has 1 heterocycles. The van der Waals surface area contributed by atoms with E-state index in [4.69, 9.17) is 4.74 Å². The van der Waals surface area contributed by atoms with Crippen LogP contribution in [0, 0.1) is 0 Å². The Labute approximate surface area is 93.6 Å². The van der Waals surface area contributed by atoms with Gasteiger partial charge in [0.15, 0.2) is 0 Å². The first-order chi connectivity index (χ1) is 7.22. The molecular formula is C11H25N3O. The highest BCUT2D eigenvalue weighted by molar-refractivity contribution is 4.70. The smallest absolute Gasteiger partial charge is 0.0613 e. The van der Waals surface area contributed by atoms with Crippen LogP contribution in [0.3, 0.4) is 0 Å². The molecule has 1 fully saturated rings. The molecule has 0 aromatic heterocycles. The Morgan fingerprint density at radius 3 is 2.53 bits per heavy atom. The summed E-state index contributed by atoms with van der Waals surface area (Å²) in [6, 6.07) is 0.461. The van der Waals surface area contributed by atoms with Gasteiger partial charge < -0.3 is 15.0 Å². The van der Waals surface area contributed by atoms with Crippen LogP contribution in [0.25, 0.3) is 0 Å². The fraction of sp³-hybridized carbons (Fsp3) is 1.00. The normalized spacial score (nSPS) is 21.8. The Morgan fingerprint density at radius 2 is 1.93 bits per heavy atom. The fourth-order valence-corrected chi connectivity index (χ4v) is 1.85. The molecule has 4 nitrogen and oxygen atoms in total. The molecule has 0 spiro atoms. The third kappa shape index (κ3) is 5.47. The minimum absolute atomic E-state index is 0.461. The van der Waals surface area contributed by atoms with Gasteiger partial charge in [-0.25, -0.2) is 0 Å². The van der Waals surface area contributed by atoms with Gasteiger partial charge in [-0.15, -0.1) is 0 Å². The van der Waals surface area contributed by atoms with Crippen molar-refractivity contribution in [1.82, 2.24) is 15.1 Å². The molecule has 1 rings (SSSR count). The summed E-state index contributed by atoms with van der Waals surface area (Å²) in [6.45, 7) is 9.99. The van der Waals surface area contributed by atoms with Crippen LogP contribution in [0.15, 0.2) is 0 Å². The molecule has 0 aromatic carbocycles. The number of methoxy groups -OCH3 is 1. The van der Waals surface area contributed by atoms with Crippen molar-refractivity contribution in [2.45, 2.75) is 13.0 Å². The molecule has 0 aliphatic carbocycles. The van der Waals surface area contributed by atoms with E-state index in [0.717, 1.165) is 19.7 Å². The van der Waals surface area contributed by atoms with Gasteiger partial charge in [0.1, 0.15) is 0 Å². The Kier molecular flexibility index (Phi) is 6.17. The number of ether oxygens (including phenoxy) is 1. The maximum atomic E-state index is 5.08. The van der Waals surface area contributed by atoms with Crippen molar-refractivity contribution in [3.63, 3.8) is 0 Å². The number of nitrogens with zero attached hydrogens (tertiary/aromatic N) is 2. The first-order valence-corrected chi connectivity index (χ1v) is 5.85. The number of piperazine rings is 1. The minimum Gasteiger partial charge on any atom is -0.383 e. The van der Waals surface area contributed by atoms with E-state index in [2.05, 4.69) is 29.1 Å². The second-order valence-corrected chi connectivity index (χ2v) is 4.46. The molecule has 15 heavy (non-hydrogen) atoms. The van der Waals surface area contributed by atoms with Gasteiger partial charge in [-0.05, 0) is 14.0 Å². The quantitative estimate of drug-likeness (QED) is 0.667. The highest BCUT2D eigenvalue weighted by atomic mass is 16.5. The van der Waals surface area contributed by atoms with Crippen molar-refractivity contribution >= 4 is 0 Å². The molecule has 1 saturated heterocycles. The largest absolute Gasteiger partial charge is 0.383 e. The van der Waals surface area contributed by atoms with Gasteiger partial charge in [-0.1, -0.05) is 0 Å². The van der Waals surface area contributed by atoms with Crippen molar-refractivity contribution in [1.29, 1.82) is 0 Å². The molecule has 90 valence electrons. The van der Waals surface area contributed by atoms with E-state index in [1.165, 1.54) is 26.2 Å². The molecule has 1 aliphatic rings. The third-order valence-corrected chi connectivity index (χ3v) is 2.93. The lowest BCUT2D eigenvalue weighted by Gasteiger charge is -2.32. The molecule has 0 radical (unpaired) electrons. The van der Waals surface area contributed by atoms with E-state index < -0.39 is 0 Å². The summed E-state index contributed by atoms with van der Waals surface area (Å²) in [4.78, 5) is 4.91. The molecular weight excluding hydrogens is 190 g/mol. The van der Waals surface area contributed by atoms with E-state index in [1.54, 1.807) is 7.11 Å². The van der Waals surface area contributed by atoms with Crippen LogP contribution in [-0.2, 0) is 4.74 Å². The van der Waals surface area contributed by atoms with Crippen molar-refractivity contribution in [3.05, 3.63) is 0 Å². The zero-order valence-corrected chi connectivity index (χ0v) is 10.3. The summed E-state index contributed by atoms with van der Waals surface area (Å²) in [5.41, 5.74) is 0. The van der Waals surface area contributed by atoms with Gasteiger partial charge in [0.25, 0.3) is 0 Å². The van der Waals surface area contributed by atoms with Crippen LogP contribution in [0.5, 0.6) is 0 Å². The Hall–Kier alpha value is -0.160. The molecule has 0 aromatic rings. The summed E-state index contributed by atoms with van der Waals surface area (Å²) < 4.78 is 5.08. The molecule has 0 bridgehead atoms. The van der Waals surface area contributed by atoms with E-state index in [1.807, 2.05) is 0 Å². The van der Waals surface area contributed by atoms with E-state index in [-0.39, 0.29) is 0 Å². The van der Waals surface area contributed by atoms with Crippen LogP contribution < -0.4 is 5.32 Å². The average molecular weight is 215 g/mol. The number of rotatable bonds is 6. The van der Waals surface area contributed by atoms with Gasteiger partial charge in [0.05, 0.1) is 6.61 Å². The van der Waals surface area contributed by atoms with Gasteiger partial charge in [-0.3, -0.25) is 4.90 Å². The highest BCUT2D eigenvalue weighted by Gasteiger charge is 2.12. The van der Waals surface area contributed by atoms with Gasteiger partial charge >= 0.3 is 0 Å². The maximum absolute atomic E-state index is 5.08. The predicted molar refractivity (Wildman–Crippen MR) is 63.3 cm³/mol. The zero-order chi connectivity index (χ0) is 11.1. The van der Waals surface area contributed by atoms with E-state index in [9.17, 15) is 0 Å². The summed E-state index contributed by atoms with van der Waals surface area (Å²) in [5, 5.41) is 3.46. The van der Waals surface area contributed by atoms with Crippen LogP contribution in [0.1, 0.15) is 6.92 Å². The zero-order valence-electron chi connectivity index (χ0n) is 10.3. The lowest BCUT2D eigenvalue weighted by Crippen LogP contribution is -2.47. The molecule has 0 saturated carbocycles. The summed E-state index contributed by atoms with van der Waals surface area (Å²) in [6.07, 6.45) is 0. The monoisotopic (exact) mass is 215 g/mol. The van der Waals surface area contributed by atoms with Gasteiger partial charge in [0, 0.05) is 52.4 Å². The molecule has 0 amide bonds. The Bertz CT molecular complexity index is 158. The first kappa shape index (κ1) is 12.9. The molecule has 1 N–H and O–H groups in total. The predicted octanol–water partition coefficient (Wildman–Crippen LogP) is -0.142. The summed E-state index contributed by atoms with van der Waals surface area (Å²) >= 11 is 0. The highest BCUT2D eigenvalue weighted by Crippen LogP contribution is 1.97. The topological polar surface area (TPSA) is 27.7 Å². The van der Waals surface area contributed by atoms with Crippen LogP contribution in [-0.4, -0.2) is 75.9 Å². The SMILES string of the molecule is COCC(C)NCCN1CCN(C)CC1. The minimum atomic E-state index is 0.461. The maximum Gasteiger partial charge on any atom is 0.0613 e. The first-order valence-electron chi connectivity index (χ1n) is 5.85. The lowest BCUT2D eigenvalue weighted by atomic mass is 10.3. The number of hydrogen-bond acceptors (Lipinski definition) is 4. The van der Waals surface area contributed by atoms with Crippen LogP contribution in [0.4, 0.5) is 0 Å². The second kappa shape index (κ2) is 7.17. The van der Waals surface area contributed by atoms with Gasteiger partial charge in [-0.2, -0.15) is 0 Å². The lowest BCUT2D eigenvalue weighted by molar-refractivity contribution is 0.146. The van der Waals surface area contributed by atoms with Crippen molar-refractivity contribution < 1.29 is 4.74 Å². The number of likely N-dealkylation sites (N-methyl/N-ethyl adjacent to an activating group) is 1. The number of nitrogens with one attached hydrogen (secondary N) is 1. The molecule has 1 aliphatic heterocycles. The van der Waals surface area contributed by atoms with Crippen molar-refractivity contribution in [3.8, 4) is 0 Å². The Morgan fingerprint density at radius 1 is 1.27 bits per heavy atom. The average Bonchev–Trinajstić information content (AvgIpc) is 2.21. The molecule has 1 atom stereocenters. The van der Waals surface area contributed by atoms with E-state index in [0.29, 0.717) is 6.04 Å². The van der Waals surface area contributed by atoms with Crippen LogP contribution in [0.2, 0.25) is 0 Å². The molecule has 1 unspecified atom stereocenters. The van der Waals surface area contributed by atoms with Crippen molar-refractivity contribution in [2.24, 2.45) is 0 Å². The third-order valence-electron chi connectivity index (χ3n) is 2.93. The standard InChI is InChI=1S/C11H25N3O/c1-11(10-15-3)12-4-5-14-8-6-13(2)7-9-14/h11-12H,4-10H2,1-3H3. The van der Waals surface area contributed by atoms with Gasteiger partial charge in [0.2, 0.25) is 0 Å². The fourth-order valence-electron chi connectivity index (χ4n) is 1.85. The number of hydrogen-bond donors (Lipinski definition) is 1.